The number of pyridine rings is 2. The Hall–Kier alpha value is -2.14. The van der Waals surface area contributed by atoms with Gasteiger partial charge < -0.3 is 0 Å². The second-order valence-electron chi connectivity index (χ2n) is 2.77. The maximum absolute atomic E-state index is 5.26. The molecule has 0 aliphatic heterocycles. The van der Waals surface area contributed by atoms with Crippen LogP contribution in [-0.2, 0) is 0 Å². The van der Waals surface area contributed by atoms with Crippen LogP contribution in [0.2, 0.25) is 0 Å². The van der Waals surface area contributed by atoms with Crippen molar-refractivity contribution in [1.82, 2.24) is 9.97 Å². The SMILES string of the molecule is C#Cc1cccc(-c2ccccn2)n1. The molecule has 2 heteroatoms. The Morgan fingerprint density at radius 3 is 2.57 bits per heavy atom. The Balaban J connectivity index is 2.49. The highest BCUT2D eigenvalue weighted by Gasteiger charge is 1.99. The summed E-state index contributed by atoms with van der Waals surface area (Å²) >= 11 is 0. The number of rotatable bonds is 1. The van der Waals surface area contributed by atoms with Crippen LogP contribution in [0.25, 0.3) is 11.4 Å². The van der Waals surface area contributed by atoms with Crippen LogP contribution < -0.4 is 0 Å². The first-order valence-electron chi connectivity index (χ1n) is 4.25. The van der Waals surface area contributed by atoms with E-state index >= 15 is 0 Å². The molecule has 0 bridgehead atoms. The molecule has 0 atom stereocenters. The van der Waals surface area contributed by atoms with Gasteiger partial charge in [0.2, 0.25) is 0 Å². The van der Waals surface area contributed by atoms with Crippen LogP contribution in [0, 0.1) is 12.3 Å². The number of nitrogens with zero attached hydrogens (tertiary/aromatic N) is 2. The zero-order valence-corrected chi connectivity index (χ0v) is 7.51. The first-order valence-corrected chi connectivity index (χ1v) is 4.25. The molecule has 2 nitrogen and oxygen atoms in total. The molecule has 0 saturated heterocycles. The van der Waals surface area contributed by atoms with Crippen molar-refractivity contribution in [2.75, 3.05) is 0 Å². The van der Waals surface area contributed by atoms with Gasteiger partial charge in [0.1, 0.15) is 5.69 Å². The Bertz CT molecular complexity index is 469. The standard InChI is InChI=1S/C12H8N2/c1-2-10-6-5-8-12(14-10)11-7-3-4-9-13-11/h1,3-9H. The molecule has 0 aromatic carbocycles. The molecule has 0 fully saturated rings. The Kier molecular flexibility index (Phi) is 2.24. The molecule has 14 heavy (non-hydrogen) atoms. The lowest BCUT2D eigenvalue weighted by Gasteiger charge is -1.98. The molecule has 0 N–H and O–H groups in total. The van der Waals surface area contributed by atoms with E-state index in [2.05, 4.69) is 15.9 Å². The van der Waals surface area contributed by atoms with E-state index in [-0.39, 0.29) is 0 Å². The lowest BCUT2D eigenvalue weighted by atomic mass is 10.2. The van der Waals surface area contributed by atoms with Gasteiger partial charge >= 0.3 is 0 Å². The van der Waals surface area contributed by atoms with Crippen molar-refractivity contribution in [3.8, 4) is 23.7 Å². The zero-order chi connectivity index (χ0) is 9.80. The zero-order valence-electron chi connectivity index (χ0n) is 7.51. The predicted octanol–water partition coefficient (Wildman–Crippen LogP) is 2.12. The molecule has 2 heterocycles. The highest BCUT2D eigenvalue weighted by Crippen LogP contribution is 2.12. The maximum Gasteiger partial charge on any atom is 0.113 e. The van der Waals surface area contributed by atoms with E-state index in [1.165, 1.54) is 0 Å². The molecule has 0 amide bonds. The summed E-state index contributed by atoms with van der Waals surface area (Å²) in [6.07, 6.45) is 7.00. The fourth-order valence-electron chi connectivity index (χ4n) is 1.17. The summed E-state index contributed by atoms with van der Waals surface area (Å²) in [5, 5.41) is 0. The lowest BCUT2D eigenvalue weighted by Crippen LogP contribution is -1.88. The average molecular weight is 180 g/mol. The first kappa shape index (κ1) is 8.46. The molecule has 0 spiro atoms. The quantitative estimate of drug-likeness (QED) is 0.628. The van der Waals surface area contributed by atoms with Gasteiger partial charge in [0.05, 0.1) is 11.4 Å². The van der Waals surface area contributed by atoms with Crippen LogP contribution >= 0.6 is 0 Å². The van der Waals surface area contributed by atoms with Crippen molar-refractivity contribution >= 4 is 0 Å². The van der Waals surface area contributed by atoms with E-state index in [9.17, 15) is 0 Å². The van der Waals surface area contributed by atoms with Crippen LogP contribution in [0.5, 0.6) is 0 Å². The fourth-order valence-corrected chi connectivity index (χ4v) is 1.17. The minimum absolute atomic E-state index is 0.633. The maximum atomic E-state index is 5.26. The molecule has 0 aliphatic carbocycles. The number of hydrogen-bond donors (Lipinski definition) is 0. The van der Waals surface area contributed by atoms with E-state index in [0.717, 1.165) is 11.4 Å². The summed E-state index contributed by atoms with van der Waals surface area (Å²) in [5.41, 5.74) is 2.28. The van der Waals surface area contributed by atoms with Crippen molar-refractivity contribution in [2.24, 2.45) is 0 Å². The Morgan fingerprint density at radius 1 is 1.00 bits per heavy atom. The van der Waals surface area contributed by atoms with E-state index in [1.54, 1.807) is 12.3 Å². The molecule has 0 unspecified atom stereocenters. The van der Waals surface area contributed by atoms with Crippen LogP contribution in [0.4, 0.5) is 0 Å². The lowest BCUT2D eigenvalue weighted by molar-refractivity contribution is 1.23. The van der Waals surface area contributed by atoms with Crippen molar-refractivity contribution in [3.05, 3.63) is 48.3 Å². The summed E-state index contributed by atoms with van der Waals surface area (Å²) in [4.78, 5) is 8.46. The monoisotopic (exact) mass is 180 g/mol. The molecular formula is C12H8N2. The summed E-state index contributed by atoms with van der Waals surface area (Å²) in [6, 6.07) is 11.3. The molecule has 2 aromatic heterocycles. The highest BCUT2D eigenvalue weighted by molar-refractivity contribution is 5.54. The van der Waals surface area contributed by atoms with E-state index in [1.807, 2.05) is 30.3 Å². The van der Waals surface area contributed by atoms with Gasteiger partial charge in [-0.25, -0.2) is 4.98 Å². The predicted molar refractivity (Wildman–Crippen MR) is 55.4 cm³/mol. The molecule has 0 radical (unpaired) electrons. The minimum atomic E-state index is 0.633. The van der Waals surface area contributed by atoms with Crippen LogP contribution in [0.3, 0.4) is 0 Å². The summed E-state index contributed by atoms with van der Waals surface area (Å²) < 4.78 is 0. The van der Waals surface area contributed by atoms with E-state index in [0.29, 0.717) is 5.69 Å². The number of hydrogen-bond acceptors (Lipinski definition) is 2. The minimum Gasteiger partial charge on any atom is -0.255 e. The molecular weight excluding hydrogens is 172 g/mol. The van der Waals surface area contributed by atoms with Crippen molar-refractivity contribution in [1.29, 1.82) is 0 Å². The van der Waals surface area contributed by atoms with Crippen LogP contribution in [0.15, 0.2) is 42.6 Å². The van der Waals surface area contributed by atoms with Gasteiger partial charge in [0.15, 0.2) is 0 Å². The Morgan fingerprint density at radius 2 is 1.86 bits per heavy atom. The van der Waals surface area contributed by atoms with E-state index in [4.69, 9.17) is 6.42 Å². The number of terminal acetylenes is 1. The third kappa shape index (κ3) is 1.62. The van der Waals surface area contributed by atoms with Gasteiger partial charge in [-0.2, -0.15) is 0 Å². The molecule has 66 valence electrons. The van der Waals surface area contributed by atoms with Gasteiger partial charge in [-0.1, -0.05) is 18.1 Å². The summed E-state index contributed by atoms with van der Waals surface area (Å²) in [7, 11) is 0. The number of aromatic nitrogens is 2. The van der Waals surface area contributed by atoms with E-state index < -0.39 is 0 Å². The third-order valence-electron chi connectivity index (χ3n) is 1.82. The van der Waals surface area contributed by atoms with Gasteiger partial charge in [-0.3, -0.25) is 4.98 Å². The van der Waals surface area contributed by atoms with Gasteiger partial charge in [0.25, 0.3) is 0 Å². The second kappa shape index (κ2) is 3.71. The third-order valence-corrected chi connectivity index (χ3v) is 1.82. The van der Waals surface area contributed by atoms with Gasteiger partial charge in [0, 0.05) is 6.20 Å². The molecule has 2 aromatic rings. The van der Waals surface area contributed by atoms with Crippen LogP contribution in [-0.4, -0.2) is 9.97 Å². The topological polar surface area (TPSA) is 25.8 Å². The van der Waals surface area contributed by atoms with Crippen molar-refractivity contribution < 1.29 is 0 Å². The summed E-state index contributed by atoms with van der Waals surface area (Å²) in [5.74, 6) is 2.50. The van der Waals surface area contributed by atoms with Crippen LogP contribution in [0.1, 0.15) is 5.69 Å². The smallest absolute Gasteiger partial charge is 0.113 e. The average Bonchev–Trinajstić information content (AvgIpc) is 2.30. The van der Waals surface area contributed by atoms with Gasteiger partial charge in [-0.15, -0.1) is 6.42 Å². The largest absolute Gasteiger partial charge is 0.255 e. The molecule has 0 saturated carbocycles. The highest BCUT2D eigenvalue weighted by atomic mass is 14.8. The normalized spacial score (nSPS) is 9.36. The Labute approximate surface area is 82.7 Å². The van der Waals surface area contributed by atoms with Crippen molar-refractivity contribution in [2.45, 2.75) is 0 Å². The van der Waals surface area contributed by atoms with Crippen molar-refractivity contribution in [3.63, 3.8) is 0 Å². The molecule has 0 aliphatic rings. The second-order valence-corrected chi connectivity index (χ2v) is 2.77. The summed E-state index contributed by atoms with van der Waals surface area (Å²) in [6.45, 7) is 0. The fraction of sp³-hybridized carbons (Fsp3) is 0. The van der Waals surface area contributed by atoms with Gasteiger partial charge in [-0.05, 0) is 24.3 Å². The molecule has 2 rings (SSSR count). The first-order chi connectivity index (χ1) is 6.90.